The van der Waals surface area contributed by atoms with Crippen LogP contribution in [0, 0.1) is 0 Å². The van der Waals surface area contributed by atoms with Gasteiger partial charge in [0.1, 0.15) is 0 Å². The maximum Gasteiger partial charge on any atom is 0.0622 e. The van der Waals surface area contributed by atoms with Crippen LogP contribution in [0.4, 0.5) is 0 Å². The first-order valence-electron chi connectivity index (χ1n) is 7.19. The number of nitrogens with one attached hydrogen (secondary N) is 2. The third-order valence-electron chi connectivity index (χ3n) is 4.34. The molecular weight excluding hydrogens is 228 g/mol. The lowest BCUT2D eigenvalue weighted by Crippen LogP contribution is -2.50. The zero-order valence-electron chi connectivity index (χ0n) is 11.2. The SMILES string of the molecule is CCC1=CN(C2CCN(C3CCOC3)CC2)NN1. The number of ether oxygens (including phenoxy) is 1. The highest BCUT2D eigenvalue weighted by molar-refractivity contribution is 5.02. The quantitative estimate of drug-likeness (QED) is 0.778. The summed E-state index contributed by atoms with van der Waals surface area (Å²) in [4.78, 5) is 2.61. The molecule has 5 nitrogen and oxygen atoms in total. The molecule has 0 radical (unpaired) electrons. The first-order valence-corrected chi connectivity index (χ1v) is 7.19. The van der Waals surface area contributed by atoms with Gasteiger partial charge in [0.25, 0.3) is 0 Å². The highest BCUT2D eigenvalue weighted by Gasteiger charge is 2.30. The van der Waals surface area contributed by atoms with Crippen molar-refractivity contribution in [1.29, 1.82) is 0 Å². The van der Waals surface area contributed by atoms with Crippen LogP contribution in [-0.4, -0.2) is 48.3 Å². The fraction of sp³-hybridized carbons (Fsp3) is 0.846. The number of hydrogen-bond donors (Lipinski definition) is 2. The molecule has 0 aliphatic carbocycles. The molecule has 3 rings (SSSR count). The molecule has 0 aromatic carbocycles. The fourth-order valence-corrected chi connectivity index (χ4v) is 3.08. The Bertz CT molecular complexity index is 306. The zero-order valence-corrected chi connectivity index (χ0v) is 11.2. The molecule has 3 heterocycles. The standard InChI is InChI=1S/C13H24N4O/c1-2-11-9-17(15-14-11)12-3-6-16(7-4-12)13-5-8-18-10-13/h9,12-15H,2-8,10H2,1H3. The first kappa shape index (κ1) is 12.3. The molecule has 3 aliphatic rings. The second-order valence-corrected chi connectivity index (χ2v) is 5.44. The van der Waals surface area contributed by atoms with E-state index in [-0.39, 0.29) is 0 Å². The Hall–Kier alpha value is -0.780. The van der Waals surface area contributed by atoms with E-state index in [1.165, 1.54) is 38.0 Å². The number of nitrogens with zero attached hydrogens (tertiary/aromatic N) is 2. The van der Waals surface area contributed by atoms with Crippen LogP contribution in [0.15, 0.2) is 11.9 Å². The first-order chi connectivity index (χ1) is 8.86. The van der Waals surface area contributed by atoms with Crippen molar-refractivity contribution in [3.05, 3.63) is 11.9 Å². The van der Waals surface area contributed by atoms with Crippen LogP contribution in [0.1, 0.15) is 32.6 Å². The van der Waals surface area contributed by atoms with E-state index in [0.717, 1.165) is 19.6 Å². The summed E-state index contributed by atoms with van der Waals surface area (Å²) >= 11 is 0. The fourth-order valence-electron chi connectivity index (χ4n) is 3.08. The third kappa shape index (κ3) is 2.48. The average Bonchev–Trinajstić information content (AvgIpc) is 3.10. The van der Waals surface area contributed by atoms with Crippen molar-refractivity contribution in [2.75, 3.05) is 26.3 Å². The summed E-state index contributed by atoms with van der Waals surface area (Å²) in [6, 6.07) is 1.30. The van der Waals surface area contributed by atoms with Crippen molar-refractivity contribution < 1.29 is 4.74 Å². The van der Waals surface area contributed by atoms with E-state index in [4.69, 9.17) is 4.74 Å². The monoisotopic (exact) mass is 252 g/mol. The zero-order chi connectivity index (χ0) is 12.4. The molecule has 102 valence electrons. The van der Waals surface area contributed by atoms with E-state index < -0.39 is 0 Å². The Morgan fingerprint density at radius 3 is 2.72 bits per heavy atom. The van der Waals surface area contributed by atoms with Crippen molar-refractivity contribution in [3.8, 4) is 0 Å². The molecule has 0 aromatic rings. The van der Waals surface area contributed by atoms with E-state index in [2.05, 4.69) is 34.0 Å². The molecule has 0 aromatic heterocycles. The van der Waals surface area contributed by atoms with Gasteiger partial charge in [0.05, 0.1) is 6.61 Å². The summed E-state index contributed by atoms with van der Waals surface area (Å²) in [6.07, 6.45) is 6.96. The van der Waals surface area contributed by atoms with Gasteiger partial charge in [-0.1, -0.05) is 6.92 Å². The Balaban J connectivity index is 1.49. The number of likely N-dealkylation sites (tertiary alicyclic amines) is 1. The van der Waals surface area contributed by atoms with Crippen LogP contribution in [0.25, 0.3) is 0 Å². The van der Waals surface area contributed by atoms with Gasteiger partial charge in [0.15, 0.2) is 0 Å². The molecule has 5 heteroatoms. The highest BCUT2D eigenvalue weighted by atomic mass is 16.5. The molecule has 2 fully saturated rings. The van der Waals surface area contributed by atoms with Crippen LogP contribution < -0.4 is 11.0 Å². The molecule has 1 unspecified atom stereocenters. The number of allylic oxidation sites excluding steroid dienone is 1. The molecule has 2 N–H and O–H groups in total. The summed E-state index contributed by atoms with van der Waals surface area (Å²) in [7, 11) is 0. The summed E-state index contributed by atoms with van der Waals surface area (Å²) < 4.78 is 5.48. The van der Waals surface area contributed by atoms with E-state index >= 15 is 0 Å². The van der Waals surface area contributed by atoms with Crippen molar-refractivity contribution in [2.45, 2.75) is 44.7 Å². The van der Waals surface area contributed by atoms with Gasteiger partial charge in [-0.25, -0.2) is 0 Å². The van der Waals surface area contributed by atoms with E-state index in [1.807, 2.05) is 0 Å². The summed E-state index contributed by atoms with van der Waals surface area (Å²) in [5, 5.41) is 2.25. The second-order valence-electron chi connectivity index (χ2n) is 5.44. The number of hydrazine groups is 2. The van der Waals surface area contributed by atoms with Gasteiger partial charge in [0.2, 0.25) is 0 Å². The van der Waals surface area contributed by atoms with Crippen molar-refractivity contribution in [3.63, 3.8) is 0 Å². The number of hydrogen-bond acceptors (Lipinski definition) is 5. The van der Waals surface area contributed by atoms with E-state index in [9.17, 15) is 0 Å². The Kier molecular flexibility index (Phi) is 3.72. The minimum atomic E-state index is 0.625. The van der Waals surface area contributed by atoms with Gasteiger partial charge in [0, 0.05) is 43.7 Å². The Morgan fingerprint density at radius 2 is 2.11 bits per heavy atom. The lowest BCUT2D eigenvalue weighted by atomic mass is 10.0. The predicted molar refractivity (Wildman–Crippen MR) is 70.3 cm³/mol. The molecule has 18 heavy (non-hydrogen) atoms. The van der Waals surface area contributed by atoms with Crippen LogP contribution in [0.3, 0.4) is 0 Å². The van der Waals surface area contributed by atoms with Crippen molar-refractivity contribution >= 4 is 0 Å². The Labute approximate surface area is 109 Å². The normalized spacial score (nSPS) is 30.6. The lowest BCUT2D eigenvalue weighted by Gasteiger charge is -2.38. The minimum absolute atomic E-state index is 0.625. The molecule has 2 saturated heterocycles. The lowest BCUT2D eigenvalue weighted by molar-refractivity contribution is 0.0762. The molecule has 0 saturated carbocycles. The second kappa shape index (κ2) is 5.47. The molecule has 0 bridgehead atoms. The maximum absolute atomic E-state index is 5.48. The smallest absolute Gasteiger partial charge is 0.0622 e. The predicted octanol–water partition coefficient (Wildman–Crippen LogP) is 0.816. The molecule has 0 spiro atoms. The van der Waals surface area contributed by atoms with Gasteiger partial charge in [-0.3, -0.25) is 9.91 Å². The van der Waals surface area contributed by atoms with Gasteiger partial charge in [-0.15, -0.1) is 5.53 Å². The topological polar surface area (TPSA) is 39.8 Å². The van der Waals surface area contributed by atoms with Gasteiger partial charge in [-0.05, 0) is 25.7 Å². The number of rotatable bonds is 3. The number of piperidine rings is 1. The van der Waals surface area contributed by atoms with E-state index in [0.29, 0.717) is 12.1 Å². The van der Waals surface area contributed by atoms with Crippen LogP contribution in [0.5, 0.6) is 0 Å². The third-order valence-corrected chi connectivity index (χ3v) is 4.34. The largest absolute Gasteiger partial charge is 0.380 e. The molecular formula is C13H24N4O. The van der Waals surface area contributed by atoms with Crippen LogP contribution in [-0.2, 0) is 4.74 Å². The summed E-state index contributed by atoms with van der Waals surface area (Å²) in [5.74, 6) is 0. The average molecular weight is 252 g/mol. The van der Waals surface area contributed by atoms with Crippen molar-refractivity contribution in [1.82, 2.24) is 20.9 Å². The van der Waals surface area contributed by atoms with Gasteiger partial charge in [-0.2, -0.15) is 0 Å². The maximum atomic E-state index is 5.48. The summed E-state index contributed by atoms with van der Waals surface area (Å²) in [6.45, 7) is 6.46. The van der Waals surface area contributed by atoms with Gasteiger partial charge >= 0.3 is 0 Å². The molecule has 3 aliphatic heterocycles. The van der Waals surface area contributed by atoms with Crippen LogP contribution >= 0.6 is 0 Å². The highest BCUT2D eigenvalue weighted by Crippen LogP contribution is 2.22. The van der Waals surface area contributed by atoms with Crippen molar-refractivity contribution in [2.24, 2.45) is 0 Å². The summed E-state index contributed by atoms with van der Waals surface area (Å²) in [5.41, 5.74) is 7.76. The molecule has 1 atom stereocenters. The molecule has 0 amide bonds. The van der Waals surface area contributed by atoms with Gasteiger partial charge < -0.3 is 10.2 Å². The van der Waals surface area contributed by atoms with Crippen LogP contribution in [0.2, 0.25) is 0 Å². The van der Waals surface area contributed by atoms with E-state index in [1.54, 1.807) is 0 Å². The Morgan fingerprint density at radius 1 is 1.28 bits per heavy atom. The minimum Gasteiger partial charge on any atom is -0.380 e.